The minimum atomic E-state index is -4.39. The maximum Gasteiger partial charge on any atom is 0.472 e. The number of esters is 2. The first-order valence-electron chi connectivity index (χ1n) is 20.4. The molecule has 0 bridgehead atoms. The Morgan fingerprint density at radius 1 is 0.615 bits per heavy atom. The number of rotatable bonds is 38. The third-order valence-corrected chi connectivity index (χ3v) is 9.46. The highest BCUT2D eigenvalue weighted by atomic mass is 31.2. The highest BCUT2D eigenvalue weighted by Gasteiger charge is 2.26. The fraction of sp³-hybridized carbons (Fsp3) is 0.780. The molecule has 1 unspecified atom stereocenters. The average molecular weight is 756 g/mol. The highest BCUT2D eigenvalue weighted by molar-refractivity contribution is 7.47. The second kappa shape index (κ2) is 37.2. The summed E-state index contributed by atoms with van der Waals surface area (Å²) in [4.78, 5) is 46.5. The number of ketones is 1. The number of phosphoric ester groups is 1. The van der Waals surface area contributed by atoms with Crippen LogP contribution in [0.2, 0.25) is 0 Å². The van der Waals surface area contributed by atoms with Crippen LogP contribution in [0.1, 0.15) is 174 Å². The number of hydrogen-bond acceptors (Lipinski definition) is 9. The molecule has 0 saturated carbocycles. The van der Waals surface area contributed by atoms with E-state index in [1.165, 1.54) is 51.4 Å². The Morgan fingerprint density at radius 2 is 1.12 bits per heavy atom. The molecule has 0 aromatic rings. The normalized spacial score (nSPS) is 13.6. The number of hydrogen-bond donors (Lipinski definition) is 2. The monoisotopic (exact) mass is 756 g/mol. The van der Waals surface area contributed by atoms with Gasteiger partial charge in [0.05, 0.1) is 13.2 Å². The summed E-state index contributed by atoms with van der Waals surface area (Å²) in [6.07, 6.45) is 35.8. The molecule has 0 aromatic heterocycles. The van der Waals surface area contributed by atoms with E-state index in [0.29, 0.717) is 19.3 Å². The van der Waals surface area contributed by atoms with Gasteiger partial charge < -0.3 is 20.1 Å². The van der Waals surface area contributed by atoms with Crippen LogP contribution in [-0.4, -0.2) is 55.1 Å². The Morgan fingerprint density at radius 3 is 1.71 bits per heavy atom. The van der Waals surface area contributed by atoms with Gasteiger partial charge in [-0.2, -0.15) is 0 Å². The molecular weight excluding hydrogens is 681 g/mol. The number of carbonyl (C=O) groups excluding carboxylic acids is 3. The van der Waals surface area contributed by atoms with Gasteiger partial charge in [0, 0.05) is 25.8 Å². The fourth-order valence-electron chi connectivity index (χ4n) is 5.37. The van der Waals surface area contributed by atoms with Gasteiger partial charge in [-0.3, -0.25) is 23.4 Å². The number of ether oxygens (including phenoxy) is 2. The fourth-order valence-corrected chi connectivity index (χ4v) is 6.14. The van der Waals surface area contributed by atoms with Gasteiger partial charge in [0.1, 0.15) is 6.61 Å². The standard InChI is InChI=1S/C41H74NO9P/c1-3-5-7-8-9-10-11-12-13-14-15-18-21-24-28-32-40(44)48-36-39(37-50-52(46,47)49-35-34-42)51-41(45)33-29-25-22-19-16-17-20-23-27-31-38(43)30-26-6-4-2/h10-11,20,23,27,31,39H,3-9,12-19,21-22,24-26,28-30,32-37,42H2,1-2H3,(H,46,47)/b11-10-,23-20-,31-27+/t39-/m1/s1. The van der Waals surface area contributed by atoms with Crippen LogP contribution in [-0.2, 0) is 37.5 Å². The molecule has 0 heterocycles. The van der Waals surface area contributed by atoms with Gasteiger partial charge in [0.25, 0.3) is 0 Å². The van der Waals surface area contributed by atoms with Crippen molar-refractivity contribution in [1.29, 1.82) is 0 Å². The minimum Gasteiger partial charge on any atom is -0.462 e. The number of allylic oxidation sites excluding steroid dienone is 6. The molecule has 302 valence electrons. The van der Waals surface area contributed by atoms with E-state index in [2.05, 4.69) is 32.1 Å². The van der Waals surface area contributed by atoms with Crippen LogP contribution < -0.4 is 5.73 Å². The average Bonchev–Trinajstić information content (AvgIpc) is 3.12. The third-order valence-electron chi connectivity index (χ3n) is 8.47. The molecule has 0 aliphatic carbocycles. The van der Waals surface area contributed by atoms with Crippen LogP contribution in [0.5, 0.6) is 0 Å². The number of unbranched alkanes of at least 4 members (excludes halogenated alkanes) is 18. The number of nitrogens with two attached hydrogens (primary N) is 1. The molecule has 52 heavy (non-hydrogen) atoms. The molecule has 0 rings (SSSR count). The van der Waals surface area contributed by atoms with E-state index in [4.69, 9.17) is 24.3 Å². The number of carbonyl (C=O) groups is 3. The zero-order valence-corrected chi connectivity index (χ0v) is 33.7. The lowest BCUT2D eigenvalue weighted by Crippen LogP contribution is -2.29. The first kappa shape index (κ1) is 49.9. The van der Waals surface area contributed by atoms with Gasteiger partial charge in [0.15, 0.2) is 11.9 Å². The zero-order chi connectivity index (χ0) is 38.4. The quantitative estimate of drug-likeness (QED) is 0.0155. The van der Waals surface area contributed by atoms with Crippen molar-refractivity contribution in [1.82, 2.24) is 0 Å². The van der Waals surface area contributed by atoms with Gasteiger partial charge in [-0.05, 0) is 63.9 Å². The highest BCUT2D eigenvalue weighted by Crippen LogP contribution is 2.43. The molecule has 10 nitrogen and oxygen atoms in total. The van der Waals surface area contributed by atoms with E-state index in [1.54, 1.807) is 6.08 Å². The predicted octanol–water partition coefficient (Wildman–Crippen LogP) is 10.6. The van der Waals surface area contributed by atoms with E-state index in [9.17, 15) is 23.8 Å². The van der Waals surface area contributed by atoms with Gasteiger partial charge in [-0.15, -0.1) is 0 Å². The van der Waals surface area contributed by atoms with Crippen LogP contribution in [0, 0.1) is 0 Å². The second-order valence-corrected chi connectivity index (χ2v) is 15.0. The van der Waals surface area contributed by atoms with Crippen molar-refractivity contribution in [3.63, 3.8) is 0 Å². The smallest absolute Gasteiger partial charge is 0.462 e. The summed E-state index contributed by atoms with van der Waals surface area (Å²) in [6, 6.07) is 0. The van der Waals surface area contributed by atoms with Crippen molar-refractivity contribution < 1.29 is 42.4 Å². The molecule has 2 atom stereocenters. The van der Waals surface area contributed by atoms with E-state index < -0.39 is 32.5 Å². The summed E-state index contributed by atoms with van der Waals surface area (Å²) in [5.74, 6) is -0.723. The lowest BCUT2D eigenvalue weighted by atomic mass is 10.1. The topological polar surface area (TPSA) is 151 Å². The molecule has 0 fully saturated rings. The molecule has 0 amide bonds. The first-order chi connectivity index (χ1) is 25.2. The van der Waals surface area contributed by atoms with Crippen LogP contribution in [0.15, 0.2) is 36.5 Å². The molecule has 11 heteroatoms. The van der Waals surface area contributed by atoms with Crippen LogP contribution >= 0.6 is 7.82 Å². The molecule has 0 spiro atoms. The Labute approximate surface area is 316 Å². The SMILES string of the molecule is CCCCCC/C=C\CCCCCCCCCC(=O)OC[C@H](COP(=O)(O)OCCN)OC(=O)CCCCCCC/C=C\C=C\C(=O)CCCCC. The molecule has 0 saturated heterocycles. The Balaban J connectivity index is 4.26. The van der Waals surface area contributed by atoms with Crippen molar-refractivity contribution >= 4 is 25.5 Å². The van der Waals surface area contributed by atoms with E-state index in [1.807, 2.05) is 12.2 Å². The molecule has 0 aliphatic rings. The second-order valence-electron chi connectivity index (χ2n) is 13.5. The maximum atomic E-state index is 12.5. The largest absolute Gasteiger partial charge is 0.472 e. The van der Waals surface area contributed by atoms with Gasteiger partial charge in [-0.1, -0.05) is 128 Å². The van der Waals surface area contributed by atoms with Gasteiger partial charge in [0.2, 0.25) is 0 Å². The zero-order valence-electron chi connectivity index (χ0n) is 32.8. The van der Waals surface area contributed by atoms with Crippen molar-refractivity contribution in [3.05, 3.63) is 36.5 Å². The van der Waals surface area contributed by atoms with Crippen LogP contribution in [0.4, 0.5) is 0 Å². The molecule has 0 radical (unpaired) electrons. The third kappa shape index (κ3) is 36.3. The molecule has 3 N–H and O–H groups in total. The number of phosphoric acid groups is 1. The summed E-state index contributed by atoms with van der Waals surface area (Å²) >= 11 is 0. The van der Waals surface area contributed by atoms with Crippen LogP contribution in [0.25, 0.3) is 0 Å². The summed E-state index contributed by atoms with van der Waals surface area (Å²) in [6.45, 7) is 3.50. The summed E-state index contributed by atoms with van der Waals surface area (Å²) in [5, 5.41) is 0. The van der Waals surface area contributed by atoms with Crippen molar-refractivity contribution in [2.75, 3.05) is 26.4 Å². The summed E-state index contributed by atoms with van der Waals surface area (Å²) in [5.41, 5.74) is 5.33. The Hall–Kier alpha value is -2.10. The van der Waals surface area contributed by atoms with Gasteiger partial charge in [-0.25, -0.2) is 4.57 Å². The Bertz CT molecular complexity index is 1010. The summed E-state index contributed by atoms with van der Waals surface area (Å²) < 4.78 is 32.6. The molecular formula is C41H74NO9P. The van der Waals surface area contributed by atoms with E-state index >= 15 is 0 Å². The summed E-state index contributed by atoms with van der Waals surface area (Å²) in [7, 11) is -4.39. The molecule has 0 aliphatic heterocycles. The van der Waals surface area contributed by atoms with Crippen LogP contribution in [0.3, 0.4) is 0 Å². The van der Waals surface area contributed by atoms with E-state index in [-0.39, 0.29) is 38.4 Å². The van der Waals surface area contributed by atoms with Gasteiger partial charge >= 0.3 is 19.8 Å². The van der Waals surface area contributed by atoms with E-state index in [0.717, 1.165) is 77.0 Å². The predicted molar refractivity (Wildman–Crippen MR) is 211 cm³/mol. The Kier molecular flexibility index (Phi) is 35.7. The minimum absolute atomic E-state index is 0.0380. The lowest BCUT2D eigenvalue weighted by molar-refractivity contribution is -0.161. The van der Waals surface area contributed by atoms with Crippen molar-refractivity contribution in [3.8, 4) is 0 Å². The first-order valence-corrected chi connectivity index (χ1v) is 21.9. The molecule has 0 aromatic carbocycles. The van der Waals surface area contributed by atoms with Crippen molar-refractivity contribution in [2.24, 2.45) is 5.73 Å². The maximum absolute atomic E-state index is 12.5. The van der Waals surface area contributed by atoms with Crippen molar-refractivity contribution in [2.45, 2.75) is 180 Å². The lowest BCUT2D eigenvalue weighted by Gasteiger charge is -2.19.